The van der Waals surface area contributed by atoms with Gasteiger partial charge in [0.05, 0.1) is 0 Å². The molecule has 0 saturated heterocycles. The van der Waals surface area contributed by atoms with E-state index in [1.807, 2.05) is 24.0 Å². The molecule has 1 aromatic rings. The van der Waals surface area contributed by atoms with Gasteiger partial charge in [-0.2, -0.15) is 0 Å². The van der Waals surface area contributed by atoms with Crippen molar-refractivity contribution in [2.75, 3.05) is 6.54 Å². The molecule has 1 rings (SSSR count). The van der Waals surface area contributed by atoms with Gasteiger partial charge < -0.3 is 0 Å². The quantitative estimate of drug-likeness (QED) is 0.647. The van der Waals surface area contributed by atoms with Gasteiger partial charge in [-0.25, -0.2) is 0 Å². The van der Waals surface area contributed by atoms with E-state index < -0.39 is 0 Å². The molecule has 56 valence electrons. The first-order valence-electron chi connectivity index (χ1n) is 3.17. The minimum atomic E-state index is 0.684. The summed E-state index contributed by atoms with van der Waals surface area (Å²) in [7, 11) is 2.00. The van der Waals surface area contributed by atoms with Gasteiger partial charge in [0.15, 0.2) is 0 Å². The molecule has 10 heavy (non-hydrogen) atoms. The molecule has 0 radical (unpaired) electrons. The van der Waals surface area contributed by atoms with Crippen LogP contribution in [-0.2, 0) is 13.6 Å². The number of hydrogen-bond acceptors (Lipinski definition) is 1. The molecule has 0 fully saturated rings. The summed E-state index contributed by atoms with van der Waals surface area (Å²) in [5, 5.41) is 0. The van der Waals surface area contributed by atoms with E-state index in [1.165, 1.54) is 0 Å². The van der Waals surface area contributed by atoms with E-state index in [4.69, 9.17) is 5.73 Å². The van der Waals surface area contributed by atoms with E-state index in [2.05, 4.69) is 20.1 Å². The molecule has 1 aromatic heterocycles. The van der Waals surface area contributed by atoms with E-state index in [-0.39, 0.29) is 0 Å². The van der Waals surface area contributed by atoms with Gasteiger partial charge in [0.1, 0.15) is 0 Å². The van der Waals surface area contributed by atoms with Crippen LogP contribution < -0.4 is 5.73 Å². The molecule has 0 aliphatic carbocycles. The third-order valence-electron chi connectivity index (χ3n) is 1.39. The Morgan fingerprint density at radius 2 is 2.30 bits per heavy atom. The zero-order valence-corrected chi connectivity index (χ0v) is 7.66. The molecule has 0 aromatic carbocycles. The van der Waals surface area contributed by atoms with Crippen molar-refractivity contribution in [3.05, 3.63) is 16.7 Å². The second-order valence-corrected chi connectivity index (χ2v) is 2.94. The van der Waals surface area contributed by atoms with E-state index in [1.54, 1.807) is 0 Å². The molecule has 3 nitrogen and oxygen atoms in total. The Morgan fingerprint density at radius 3 is 2.70 bits per heavy atom. The number of imidazole rings is 1. The molecule has 0 spiro atoms. The second kappa shape index (κ2) is 3.19. The fraction of sp³-hybridized carbons (Fsp3) is 0.500. The Balaban J connectivity index is 2.95. The van der Waals surface area contributed by atoms with Gasteiger partial charge in [-0.15, -0.1) is 0 Å². The number of rotatable bonds is 2. The summed E-state index contributed by atoms with van der Waals surface area (Å²) in [5.74, 6) is 0. The summed E-state index contributed by atoms with van der Waals surface area (Å²) in [6, 6.07) is 0. The summed E-state index contributed by atoms with van der Waals surface area (Å²) in [6.45, 7) is 1.56. The fourth-order valence-corrected chi connectivity index (χ4v) is 1.27. The van der Waals surface area contributed by atoms with Gasteiger partial charge >= 0.3 is 67.3 Å². The van der Waals surface area contributed by atoms with Crippen LogP contribution in [0.15, 0.2) is 12.4 Å². The van der Waals surface area contributed by atoms with Gasteiger partial charge in [0.2, 0.25) is 0 Å². The van der Waals surface area contributed by atoms with Crippen LogP contribution in [0.2, 0.25) is 0 Å². The Bertz CT molecular complexity index is 260. The Morgan fingerprint density at radius 1 is 1.60 bits per heavy atom. The molecule has 0 saturated carbocycles. The van der Waals surface area contributed by atoms with Crippen LogP contribution in [0.5, 0.6) is 0 Å². The molecule has 4 heteroatoms. The first-order chi connectivity index (χ1) is 4.75. The van der Waals surface area contributed by atoms with Gasteiger partial charge in [-0.3, -0.25) is 0 Å². The third kappa shape index (κ3) is 1.40. The normalized spacial score (nSPS) is 10.2. The molecule has 0 aliphatic heterocycles. The van der Waals surface area contributed by atoms with E-state index in [0.29, 0.717) is 6.54 Å². The van der Waals surface area contributed by atoms with Crippen molar-refractivity contribution in [3.8, 4) is 0 Å². The Labute approximate surface area is 67.8 Å². The first-order valence-corrected chi connectivity index (χ1v) is 4.03. The van der Waals surface area contributed by atoms with Crippen LogP contribution in [0.1, 0.15) is 0 Å². The van der Waals surface area contributed by atoms with Crippen LogP contribution in [0.3, 0.4) is 0 Å². The topological polar surface area (TPSA) is 35.9 Å². The molecular weight excluding hydrogens is 193 g/mol. The summed E-state index contributed by atoms with van der Waals surface area (Å²) in [4.78, 5) is 0. The van der Waals surface area contributed by atoms with E-state index in [0.717, 1.165) is 10.9 Å². The third-order valence-corrected chi connectivity index (χ3v) is 2.48. The minimum absolute atomic E-state index is 0.684. The number of nitrogens with zero attached hydrogens (tertiary/aromatic N) is 2. The zero-order chi connectivity index (χ0) is 7.56. The van der Waals surface area contributed by atoms with Crippen molar-refractivity contribution in [2.45, 2.75) is 6.54 Å². The average molecular weight is 204 g/mol. The fourth-order valence-electron chi connectivity index (χ4n) is 0.820. The number of aromatic nitrogens is 2. The SMILES string of the molecule is Cn1ccn(CCN)c1=[Se]. The van der Waals surface area contributed by atoms with Crippen molar-refractivity contribution in [2.24, 2.45) is 12.8 Å². The van der Waals surface area contributed by atoms with Crippen molar-refractivity contribution < 1.29 is 0 Å². The standard InChI is InChI=1S/C6H11N3Se/c1-8-4-5-9(3-2-7)6(8)10/h4-5H,2-3,7H2,1H3. The molecule has 1 heterocycles. The van der Waals surface area contributed by atoms with Crippen LogP contribution in [0.4, 0.5) is 0 Å². The summed E-state index contributed by atoms with van der Waals surface area (Å²) < 4.78 is 5.22. The van der Waals surface area contributed by atoms with Crippen molar-refractivity contribution in [1.29, 1.82) is 0 Å². The molecular formula is C6H11N3Se. The first kappa shape index (κ1) is 7.79. The van der Waals surface area contributed by atoms with Crippen LogP contribution >= 0.6 is 0 Å². The average Bonchev–Trinajstić information content (AvgIpc) is 2.20. The van der Waals surface area contributed by atoms with E-state index in [9.17, 15) is 0 Å². The van der Waals surface area contributed by atoms with Crippen LogP contribution in [0.25, 0.3) is 0 Å². The van der Waals surface area contributed by atoms with Gasteiger partial charge in [0.25, 0.3) is 0 Å². The molecule has 0 amide bonds. The summed E-state index contributed by atoms with van der Waals surface area (Å²) in [5.41, 5.74) is 5.39. The second-order valence-electron chi connectivity index (χ2n) is 2.17. The van der Waals surface area contributed by atoms with Gasteiger partial charge in [-0.05, 0) is 0 Å². The number of aryl methyl sites for hydroxylation is 1. The van der Waals surface area contributed by atoms with Gasteiger partial charge in [0, 0.05) is 0 Å². The van der Waals surface area contributed by atoms with E-state index >= 15 is 0 Å². The Kier molecular flexibility index (Phi) is 2.49. The maximum atomic E-state index is 5.39. The Hall–Kier alpha value is -0.311. The molecule has 2 N–H and O–H groups in total. The monoisotopic (exact) mass is 205 g/mol. The molecule has 0 aliphatic rings. The summed E-state index contributed by atoms with van der Waals surface area (Å²) >= 11 is 2.97. The number of hydrogen-bond donors (Lipinski definition) is 1. The summed E-state index contributed by atoms with van der Waals surface area (Å²) in [6.07, 6.45) is 4.01. The van der Waals surface area contributed by atoms with Crippen molar-refractivity contribution in [3.63, 3.8) is 0 Å². The van der Waals surface area contributed by atoms with Crippen molar-refractivity contribution in [1.82, 2.24) is 9.13 Å². The van der Waals surface area contributed by atoms with Crippen LogP contribution in [-0.4, -0.2) is 31.3 Å². The predicted molar refractivity (Wildman–Crippen MR) is 41.5 cm³/mol. The molecule has 0 atom stereocenters. The predicted octanol–water partition coefficient (Wildman–Crippen LogP) is -0.514. The molecule has 0 unspecified atom stereocenters. The van der Waals surface area contributed by atoms with Crippen LogP contribution in [0, 0.1) is 4.32 Å². The zero-order valence-electron chi connectivity index (χ0n) is 5.95. The number of nitrogens with two attached hydrogens (primary N) is 1. The maximum absolute atomic E-state index is 5.39. The van der Waals surface area contributed by atoms with Crippen molar-refractivity contribution >= 4 is 15.6 Å². The van der Waals surface area contributed by atoms with Gasteiger partial charge in [-0.1, -0.05) is 0 Å². The molecule has 0 bridgehead atoms.